The van der Waals surface area contributed by atoms with Crippen LogP contribution in [0.15, 0.2) is 36.4 Å². The van der Waals surface area contributed by atoms with E-state index in [1.165, 1.54) is 32.4 Å². The molecule has 0 saturated carbocycles. The fourth-order valence-electron chi connectivity index (χ4n) is 2.71. The van der Waals surface area contributed by atoms with Crippen LogP contribution >= 0.6 is 11.6 Å². The second kappa shape index (κ2) is 9.98. The standard InChI is InChI=1S/C21H24ClN3O5/c1-11(2)18(21(28)24-13-5-6-16(19(23)26)17(22)9-13)25-20(27)12-7-14(29-3)10-15(8-12)30-4/h5-11,18H,1-4H3,(H2,23,26)(H,24,28)(H,25,27). The zero-order valence-electron chi connectivity index (χ0n) is 17.1. The molecule has 0 radical (unpaired) electrons. The van der Waals surface area contributed by atoms with Crippen molar-refractivity contribution in [3.63, 3.8) is 0 Å². The molecule has 30 heavy (non-hydrogen) atoms. The predicted octanol–water partition coefficient (Wildman–Crippen LogP) is 2.85. The van der Waals surface area contributed by atoms with Crippen LogP contribution in [-0.2, 0) is 4.79 Å². The molecule has 0 heterocycles. The molecule has 3 amide bonds. The molecule has 4 N–H and O–H groups in total. The maximum atomic E-state index is 12.8. The second-order valence-corrected chi connectivity index (χ2v) is 7.25. The van der Waals surface area contributed by atoms with Crippen LogP contribution in [0.4, 0.5) is 5.69 Å². The minimum atomic E-state index is -0.829. The first-order valence-corrected chi connectivity index (χ1v) is 9.48. The topological polar surface area (TPSA) is 120 Å². The van der Waals surface area contributed by atoms with Gasteiger partial charge in [0, 0.05) is 17.3 Å². The Balaban J connectivity index is 2.19. The number of methoxy groups -OCH3 is 2. The zero-order chi connectivity index (χ0) is 22.4. The van der Waals surface area contributed by atoms with E-state index in [0.717, 1.165) is 0 Å². The summed E-state index contributed by atoms with van der Waals surface area (Å²) in [6.45, 7) is 3.61. The molecule has 1 atom stereocenters. The summed E-state index contributed by atoms with van der Waals surface area (Å²) in [5.41, 5.74) is 6.04. The largest absolute Gasteiger partial charge is 0.497 e. The fraction of sp³-hybridized carbons (Fsp3) is 0.286. The zero-order valence-corrected chi connectivity index (χ0v) is 17.9. The molecule has 160 valence electrons. The van der Waals surface area contributed by atoms with Crippen LogP contribution in [0.2, 0.25) is 5.02 Å². The summed E-state index contributed by atoms with van der Waals surface area (Å²) in [5.74, 6) is -0.858. The highest BCUT2D eigenvalue weighted by molar-refractivity contribution is 6.34. The number of nitrogens with one attached hydrogen (secondary N) is 2. The van der Waals surface area contributed by atoms with Gasteiger partial charge in [-0.2, -0.15) is 0 Å². The Hall–Kier alpha value is -3.26. The van der Waals surface area contributed by atoms with Crippen LogP contribution < -0.4 is 25.8 Å². The van der Waals surface area contributed by atoms with Crippen LogP contribution in [-0.4, -0.2) is 38.0 Å². The van der Waals surface area contributed by atoms with Gasteiger partial charge in [0.2, 0.25) is 11.8 Å². The minimum Gasteiger partial charge on any atom is -0.497 e. The van der Waals surface area contributed by atoms with Crippen LogP contribution in [0.3, 0.4) is 0 Å². The first-order valence-electron chi connectivity index (χ1n) is 9.10. The molecule has 2 aromatic carbocycles. The molecule has 0 aliphatic rings. The molecule has 0 saturated heterocycles. The van der Waals surface area contributed by atoms with Crippen molar-refractivity contribution in [1.82, 2.24) is 5.32 Å². The molecule has 8 nitrogen and oxygen atoms in total. The summed E-state index contributed by atoms with van der Waals surface area (Å²) in [7, 11) is 2.96. The molecule has 0 aromatic heterocycles. The van der Waals surface area contributed by atoms with Gasteiger partial charge in [-0.3, -0.25) is 14.4 Å². The summed E-state index contributed by atoms with van der Waals surface area (Å²) >= 11 is 6.03. The average Bonchev–Trinajstić information content (AvgIpc) is 2.70. The van der Waals surface area contributed by atoms with Crippen molar-refractivity contribution >= 4 is 35.0 Å². The third-order valence-electron chi connectivity index (χ3n) is 4.35. The number of rotatable bonds is 8. The lowest BCUT2D eigenvalue weighted by atomic mass is 10.0. The molecular weight excluding hydrogens is 410 g/mol. The smallest absolute Gasteiger partial charge is 0.252 e. The van der Waals surface area contributed by atoms with Gasteiger partial charge in [-0.25, -0.2) is 0 Å². The number of carbonyl (C=O) groups is 3. The molecule has 9 heteroatoms. The number of halogens is 1. The van der Waals surface area contributed by atoms with Gasteiger partial charge in [-0.1, -0.05) is 25.4 Å². The summed E-state index contributed by atoms with van der Waals surface area (Å²) in [6.07, 6.45) is 0. The van der Waals surface area contributed by atoms with E-state index in [1.54, 1.807) is 32.0 Å². The Morgan fingerprint density at radius 3 is 2.07 bits per heavy atom. The molecule has 0 spiro atoms. The molecule has 0 aliphatic carbocycles. The van der Waals surface area contributed by atoms with Gasteiger partial charge in [0.15, 0.2) is 0 Å². The average molecular weight is 434 g/mol. The number of hydrogen-bond donors (Lipinski definition) is 3. The van der Waals surface area contributed by atoms with Crippen molar-refractivity contribution in [2.75, 3.05) is 19.5 Å². The summed E-state index contributed by atoms with van der Waals surface area (Å²) in [5, 5.41) is 5.54. The third kappa shape index (κ3) is 5.64. The Kier molecular flexibility index (Phi) is 7.66. The second-order valence-electron chi connectivity index (χ2n) is 6.84. The third-order valence-corrected chi connectivity index (χ3v) is 4.66. The normalized spacial score (nSPS) is 11.5. The Bertz CT molecular complexity index is 939. The molecule has 0 fully saturated rings. The van der Waals surface area contributed by atoms with Crippen LogP contribution in [0.1, 0.15) is 34.6 Å². The summed E-state index contributed by atoms with van der Waals surface area (Å²) < 4.78 is 10.4. The molecular formula is C21H24ClN3O5. The number of benzene rings is 2. The Morgan fingerprint density at radius 1 is 1.00 bits per heavy atom. The van der Waals surface area contributed by atoms with Crippen molar-refractivity contribution in [2.45, 2.75) is 19.9 Å². The Morgan fingerprint density at radius 2 is 1.60 bits per heavy atom. The summed E-state index contributed by atoms with van der Waals surface area (Å²) in [6, 6.07) is 8.27. The maximum absolute atomic E-state index is 12.8. The predicted molar refractivity (Wildman–Crippen MR) is 114 cm³/mol. The van der Waals surface area contributed by atoms with Gasteiger partial charge >= 0.3 is 0 Å². The van der Waals surface area contributed by atoms with Crippen molar-refractivity contribution in [3.8, 4) is 11.5 Å². The molecule has 0 aliphatic heterocycles. The number of carbonyl (C=O) groups excluding carboxylic acids is 3. The maximum Gasteiger partial charge on any atom is 0.252 e. The van der Waals surface area contributed by atoms with Gasteiger partial charge in [0.05, 0.1) is 24.8 Å². The van der Waals surface area contributed by atoms with E-state index < -0.39 is 23.8 Å². The van der Waals surface area contributed by atoms with Crippen molar-refractivity contribution in [1.29, 1.82) is 0 Å². The number of hydrogen-bond acceptors (Lipinski definition) is 5. The van der Waals surface area contributed by atoms with Crippen molar-refractivity contribution < 1.29 is 23.9 Å². The highest BCUT2D eigenvalue weighted by Crippen LogP contribution is 2.23. The van der Waals surface area contributed by atoms with Crippen molar-refractivity contribution in [3.05, 3.63) is 52.5 Å². The van der Waals surface area contributed by atoms with E-state index in [2.05, 4.69) is 10.6 Å². The Labute approximate surface area is 179 Å². The van der Waals surface area contributed by atoms with Gasteiger partial charge in [0.1, 0.15) is 17.5 Å². The number of nitrogens with two attached hydrogens (primary N) is 1. The lowest BCUT2D eigenvalue weighted by Gasteiger charge is -2.22. The van der Waals surface area contributed by atoms with Crippen LogP contribution in [0.5, 0.6) is 11.5 Å². The first kappa shape index (κ1) is 23.0. The number of ether oxygens (including phenoxy) is 2. The fourth-order valence-corrected chi connectivity index (χ4v) is 2.98. The molecule has 0 bridgehead atoms. The lowest BCUT2D eigenvalue weighted by molar-refractivity contribution is -0.118. The first-order chi connectivity index (χ1) is 14.2. The quantitative estimate of drug-likeness (QED) is 0.591. The molecule has 2 aromatic rings. The molecule has 2 rings (SSSR count). The SMILES string of the molecule is COc1cc(OC)cc(C(=O)NC(C(=O)Nc2ccc(C(N)=O)c(Cl)c2)C(C)C)c1. The van der Waals surface area contributed by atoms with Gasteiger partial charge < -0.3 is 25.8 Å². The van der Waals surface area contributed by atoms with E-state index in [1.807, 2.05) is 0 Å². The summed E-state index contributed by atoms with van der Waals surface area (Å²) in [4.78, 5) is 36.8. The van der Waals surface area contributed by atoms with Gasteiger partial charge in [0.25, 0.3) is 5.91 Å². The van der Waals surface area contributed by atoms with Crippen LogP contribution in [0, 0.1) is 5.92 Å². The highest BCUT2D eigenvalue weighted by Gasteiger charge is 2.25. The van der Waals surface area contributed by atoms with E-state index >= 15 is 0 Å². The molecule has 1 unspecified atom stereocenters. The number of primary amides is 1. The van der Waals surface area contributed by atoms with E-state index in [-0.39, 0.29) is 16.5 Å². The van der Waals surface area contributed by atoms with E-state index in [4.69, 9.17) is 26.8 Å². The van der Waals surface area contributed by atoms with Crippen molar-refractivity contribution in [2.24, 2.45) is 11.7 Å². The lowest BCUT2D eigenvalue weighted by Crippen LogP contribution is -2.47. The highest BCUT2D eigenvalue weighted by atomic mass is 35.5. The van der Waals surface area contributed by atoms with Crippen LogP contribution in [0.25, 0.3) is 0 Å². The monoisotopic (exact) mass is 433 g/mol. The van der Waals surface area contributed by atoms with Gasteiger partial charge in [-0.05, 0) is 36.2 Å². The minimum absolute atomic E-state index is 0.119. The van der Waals surface area contributed by atoms with E-state index in [9.17, 15) is 14.4 Å². The van der Waals surface area contributed by atoms with Gasteiger partial charge in [-0.15, -0.1) is 0 Å². The number of anilines is 1. The van der Waals surface area contributed by atoms with E-state index in [0.29, 0.717) is 22.7 Å². The number of amides is 3.